The molecule has 19 heavy (non-hydrogen) atoms. The molecule has 0 aromatic carbocycles. The maximum atomic E-state index is 10.7. The van der Waals surface area contributed by atoms with Crippen molar-refractivity contribution in [3.8, 4) is 0 Å². The second kappa shape index (κ2) is 5.52. The molecule has 0 radical (unpaired) electrons. The van der Waals surface area contributed by atoms with Gasteiger partial charge in [0.25, 0.3) is 5.69 Å². The van der Waals surface area contributed by atoms with Gasteiger partial charge >= 0.3 is 0 Å². The van der Waals surface area contributed by atoms with Crippen LogP contribution in [0.2, 0.25) is 0 Å². The summed E-state index contributed by atoms with van der Waals surface area (Å²) in [5, 5.41) is 10.7. The van der Waals surface area contributed by atoms with Crippen LogP contribution in [0.15, 0.2) is 12.3 Å². The Labute approximate surface area is 112 Å². The molecule has 6 nitrogen and oxygen atoms in total. The molecular weight excluding hydrogens is 244 g/mol. The Bertz CT molecular complexity index is 470. The molecule has 1 aliphatic rings. The van der Waals surface area contributed by atoms with Gasteiger partial charge in [0.2, 0.25) is 0 Å². The molecule has 0 spiro atoms. The average molecular weight is 264 g/mol. The molecule has 0 bridgehead atoms. The largest absolute Gasteiger partial charge is 0.356 e. The van der Waals surface area contributed by atoms with Crippen LogP contribution in [0.4, 0.5) is 11.5 Å². The van der Waals surface area contributed by atoms with Crippen LogP contribution < -0.4 is 10.6 Å². The van der Waals surface area contributed by atoms with Crippen molar-refractivity contribution >= 4 is 11.5 Å². The van der Waals surface area contributed by atoms with E-state index in [-0.39, 0.29) is 5.69 Å². The SMILES string of the molecule is Cc1cc([N+](=O)[O-])cnc1N(C)C1CCC(N)CC1. The van der Waals surface area contributed by atoms with Gasteiger partial charge in [-0.2, -0.15) is 0 Å². The molecular formula is C13H20N4O2. The zero-order valence-electron chi connectivity index (χ0n) is 11.4. The van der Waals surface area contributed by atoms with Crippen LogP contribution in [0.3, 0.4) is 0 Å². The lowest BCUT2D eigenvalue weighted by Crippen LogP contribution is -2.39. The summed E-state index contributed by atoms with van der Waals surface area (Å²) >= 11 is 0. The van der Waals surface area contributed by atoms with Gasteiger partial charge < -0.3 is 10.6 Å². The van der Waals surface area contributed by atoms with Crippen molar-refractivity contribution in [1.82, 2.24) is 4.98 Å². The van der Waals surface area contributed by atoms with Gasteiger partial charge in [0, 0.05) is 25.2 Å². The number of nitrogens with two attached hydrogens (primary N) is 1. The molecule has 1 fully saturated rings. The molecule has 0 saturated heterocycles. The number of pyridine rings is 1. The second-order valence-corrected chi connectivity index (χ2v) is 5.27. The van der Waals surface area contributed by atoms with Crippen molar-refractivity contribution in [2.45, 2.75) is 44.7 Å². The summed E-state index contributed by atoms with van der Waals surface area (Å²) in [6, 6.07) is 2.32. The van der Waals surface area contributed by atoms with E-state index in [0.717, 1.165) is 37.1 Å². The summed E-state index contributed by atoms with van der Waals surface area (Å²) in [6.07, 6.45) is 5.49. The zero-order valence-corrected chi connectivity index (χ0v) is 11.4. The Morgan fingerprint density at radius 2 is 2.05 bits per heavy atom. The van der Waals surface area contributed by atoms with Crippen molar-refractivity contribution in [3.05, 3.63) is 27.9 Å². The first-order chi connectivity index (χ1) is 8.99. The lowest BCUT2D eigenvalue weighted by molar-refractivity contribution is -0.385. The summed E-state index contributed by atoms with van der Waals surface area (Å²) in [7, 11) is 2.00. The van der Waals surface area contributed by atoms with E-state index >= 15 is 0 Å². The van der Waals surface area contributed by atoms with Gasteiger partial charge in [0.1, 0.15) is 12.0 Å². The first-order valence-electron chi connectivity index (χ1n) is 6.58. The summed E-state index contributed by atoms with van der Waals surface area (Å²) in [4.78, 5) is 16.7. The number of anilines is 1. The van der Waals surface area contributed by atoms with Crippen LogP contribution in [0.5, 0.6) is 0 Å². The van der Waals surface area contributed by atoms with Crippen molar-refractivity contribution < 1.29 is 4.92 Å². The van der Waals surface area contributed by atoms with E-state index < -0.39 is 4.92 Å². The van der Waals surface area contributed by atoms with Crippen LogP contribution in [0.25, 0.3) is 0 Å². The molecule has 2 N–H and O–H groups in total. The summed E-state index contributed by atoms with van der Waals surface area (Å²) in [5.41, 5.74) is 6.79. The zero-order chi connectivity index (χ0) is 14.0. The minimum absolute atomic E-state index is 0.0420. The Morgan fingerprint density at radius 3 is 2.58 bits per heavy atom. The first kappa shape index (κ1) is 13.7. The highest BCUT2D eigenvalue weighted by molar-refractivity contribution is 5.50. The highest BCUT2D eigenvalue weighted by Crippen LogP contribution is 2.27. The fourth-order valence-electron chi connectivity index (χ4n) is 2.68. The topological polar surface area (TPSA) is 85.3 Å². The van der Waals surface area contributed by atoms with Gasteiger partial charge in [-0.3, -0.25) is 10.1 Å². The van der Waals surface area contributed by atoms with Gasteiger partial charge in [0.05, 0.1) is 4.92 Å². The summed E-state index contributed by atoms with van der Waals surface area (Å²) in [5.74, 6) is 0.825. The van der Waals surface area contributed by atoms with Crippen LogP contribution in [0.1, 0.15) is 31.2 Å². The van der Waals surface area contributed by atoms with Crippen molar-refractivity contribution in [2.75, 3.05) is 11.9 Å². The van der Waals surface area contributed by atoms with E-state index in [2.05, 4.69) is 9.88 Å². The third kappa shape index (κ3) is 3.01. The van der Waals surface area contributed by atoms with Gasteiger partial charge in [-0.25, -0.2) is 4.98 Å². The van der Waals surface area contributed by atoms with Gasteiger partial charge in [0.15, 0.2) is 0 Å². The maximum absolute atomic E-state index is 10.7. The van der Waals surface area contributed by atoms with E-state index in [1.54, 1.807) is 6.07 Å². The summed E-state index contributed by atoms with van der Waals surface area (Å²) < 4.78 is 0. The number of aryl methyl sites for hydroxylation is 1. The van der Waals surface area contributed by atoms with E-state index in [0.29, 0.717) is 12.1 Å². The lowest BCUT2D eigenvalue weighted by Gasteiger charge is -2.34. The van der Waals surface area contributed by atoms with Crippen LogP contribution in [0, 0.1) is 17.0 Å². The molecule has 6 heteroatoms. The highest BCUT2D eigenvalue weighted by Gasteiger charge is 2.24. The number of aromatic nitrogens is 1. The third-order valence-corrected chi connectivity index (χ3v) is 3.87. The molecule has 1 heterocycles. The molecule has 104 valence electrons. The summed E-state index contributed by atoms with van der Waals surface area (Å²) in [6.45, 7) is 1.86. The van der Waals surface area contributed by atoms with E-state index in [1.165, 1.54) is 6.20 Å². The molecule has 1 aliphatic carbocycles. The van der Waals surface area contributed by atoms with Crippen molar-refractivity contribution in [2.24, 2.45) is 5.73 Å². The average Bonchev–Trinajstić information content (AvgIpc) is 2.38. The monoisotopic (exact) mass is 264 g/mol. The highest BCUT2D eigenvalue weighted by atomic mass is 16.6. The fourth-order valence-corrected chi connectivity index (χ4v) is 2.68. The Hall–Kier alpha value is -1.69. The number of hydrogen-bond acceptors (Lipinski definition) is 5. The van der Waals surface area contributed by atoms with E-state index in [1.807, 2.05) is 14.0 Å². The molecule has 2 rings (SSSR count). The van der Waals surface area contributed by atoms with Crippen LogP contribution in [-0.4, -0.2) is 29.0 Å². The second-order valence-electron chi connectivity index (χ2n) is 5.27. The molecule has 0 aliphatic heterocycles. The third-order valence-electron chi connectivity index (χ3n) is 3.87. The van der Waals surface area contributed by atoms with E-state index in [9.17, 15) is 10.1 Å². The van der Waals surface area contributed by atoms with E-state index in [4.69, 9.17) is 5.73 Å². The molecule has 0 unspecified atom stereocenters. The van der Waals surface area contributed by atoms with Crippen molar-refractivity contribution in [1.29, 1.82) is 0 Å². The lowest BCUT2D eigenvalue weighted by atomic mass is 9.91. The molecule has 1 aromatic rings. The predicted molar refractivity (Wildman–Crippen MR) is 74.3 cm³/mol. The maximum Gasteiger partial charge on any atom is 0.287 e. The first-order valence-corrected chi connectivity index (χ1v) is 6.58. The Kier molecular flexibility index (Phi) is 3.99. The fraction of sp³-hybridized carbons (Fsp3) is 0.615. The molecule has 1 aromatic heterocycles. The number of hydrogen-bond donors (Lipinski definition) is 1. The predicted octanol–water partition coefficient (Wildman–Crippen LogP) is 2.00. The van der Waals surface area contributed by atoms with Gasteiger partial charge in [-0.05, 0) is 38.2 Å². The minimum atomic E-state index is -0.413. The molecule has 0 atom stereocenters. The van der Waals surface area contributed by atoms with Crippen LogP contribution >= 0.6 is 0 Å². The smallest absolute Gasteiger partial charge is 0.287 e. The van der Waals surface area contributed by atoms with Crippen LogP contribution in [-0.2, 0) is 0 Å². The minimum Gasteiger partial charge on any atom is -0.356 e. The number of rotatable bonds is 3. The molecule has 1 saturated carbocycles. The number of nitro groups is 1. The molecule has 0 amide bonds. The van der Waals surface area contributed by atoms with Gasteiger partial charge in [-0.1, -0.05) is 0 Å². The normalized spacial score (nSPS) is 23.1. The van der Waals surface area contributed by atoms with Crippen molar-refractivity contribution in [3.63, 3.8) is 0 Å². The van der Waals surface area contributed by atoms with Gasteiger partial charge in [-0.15, -0.1) is 0 Å². The Morgan fingerprint density at radius 1 is 1.42 bits per heavy atom. The quantitative estimate of drug-likeness (QED) is 0.666. The Balaban J connectivity index is 2.15. The number of nitrogens with zero attached hydrogens (tertiary/aromatic N) is 3. The standard InChI is InChI=1S/C13H20N4O2/c1-9-7-12(17(18)19)8-15-13(9)16(2)11-5-3-10(14)4-6-11/h7-8,10-11H,3-6,14H2,1-2H3.